The van der Waals surface area contributed by atoms with E-state index in [4.69, 9.17) is 0 Å². The van der Waals surface area contributed by atoms with Crippen LogP contribution in [0.4, 0.5) is 0 Å². The molecule has 29 heavy (non-hydrogen) atoms. The van der Waals surface area contributed by atoms with Crippen molar-refractivity contribution < 1.29 is 0 Å². The molecule has 0 aromatic heterocycles. The van der Waals surface area contributed by atoms with Gasteiger partial charge in [-0.25, -0.2) is 0 Å². The van der Waals surface area contributed by atoms with E-state index in [0.717, 1.165) is 39.5 Å². The van der Waals surface area contributed by atoms with E-state index in [0.29, 0.717) is 0 Å². The molecule has 0 heteroatoms. The number of allylic oxidation sites excluding steroid dienone is 4. The third-order valence-corrected chi connectivity index (χ3v) is 4.67. The first-order valence-electron chi connectivity index (χ1n) is 10.0. The van der Waals surface area contributed by atoms with Gasteiger partial charge in [-0.05, 0) is 62.2 Å². The zero-order chi connectivity index (χ0) is 20.6. The van der Waals surface area contributed by atoms with Gasteiger partial charge in [0.05, 0.1) is 0 Å². The largest absolute Gasteiger partial charge is 0.0764 e. The molecule has 3 rings (SSSR count). The molecule has 0 fully saturated rings. The van der Waals surface area contributed by atoms with Crippen LogP contribution in [0.15, 0.2) is 84.0 Å². The minimum Gasteiger partial charge on any atom is -0.0764 e. The Morgan fingerprint density at radius 1 is 0.759 bits per heavy atom. The molecule has 3 aromatic rings. The molecule has 0 nitrogen and oxygen atoms in total. The fourth-order valence-corrected chi connectivity index (χ4v) is 2.96. The van der Waals surface area contributed by atoms with Crippen LogP contribution < -0.4 is 0 Å². The van der Waals surface area contributed by atoms with Gasteiger partial charge in [0, 0.05) is 22.3 Å². The summed E-state index contributed by atoms with van der Waals surface area (Å²) in [6.07, 6.45) is 5.16. The SMILES string of the molecule is CCC(C#Cc1ccc(C#Cc2ccc(C)cc2)c2ccccc12)=CC=C(C)C. The van der Waals surface area contributed by atoms with E-state index >= 15 is 0 Å². The molecule has 142 valence electrons. The van der Waals surface area contributed by atoms with Crippen molar-refractivity contribution in [1.29, 1.82) is 0 Å². The van der Waals surface area contributed by atoms with E-state index in [1.807, 2.05) is 0 Å². The second kappa shape index (κ2) is 9.64. The molecule has 0 heterocycles. The third kappa shape index (κ3) is 5.51. The molecule has 0 spiro atoms. The lowest BCUT2D eigenvalue weighted by Crippen LogP contribution is -1.86. The molecule has 0 bridgehead atoms. The van der Waals surface area contributed by atoms with Gasteiger partial charge >= 0.3 is 0 Å². The summed E-state index contributed by atoms with van der Waals surface area (Å²) in [5.41, 5.74) is 6.76. The molecule has 0 saturated heterocycles. The monoisotopic (exact) mass is 374 g/mol. The first kappa shape index (κ1) is 20.3. The number of aryl methyl sites for hydroxylation is 1. The Morgan fingerprint density at radius 2 is 1.38 bits per heavy atom. The van der Waals surface area contributed by atoms with Crippen molar-refractivity contribution in [3.8, 4) is 23.7 Å². The fraction of sp³-hybridized carbons (Fsp3) is 0.172. The highest BCUT2D eigenvalue weighted by atomic mass is 14.0. The zero-order valence-corrected chi connectivity index (χ0v) is 17.6. The van der Waals surface area contributed by atoms with Gasteiger partial charge in [-0.3, -0.25) is 0 Å². The van der Waals surface area contributed by atoms with E-state index in [-0.39, 0.29) is 0 Å². The highest BCUT2D eigenvalue weighted by molar-refractivity contribution is 5.93. The maximum absolute atomic E-state index is 3.37. The average molecular weight is 375 g/mol. The predicted octanol–water partition coefficient (Wildman–Crippen LogP) is 7.20. The van der Waals surface area contributed by atoms with Crippen molar-refractivity contribution in [3.05, 3.63) is 106 Å². The summed E-state index contributed by atoms with van der Waals surface area (Å²) in [6, 6.07) is 20.9. The Hall–Kier alpha value is -3.48. The van der Waals surface area contributed by atoms with Gasteiger partial charge in [-0.15, -0.1) is 0 Å². The topological polar surface area (TPSA) is 0 Å². The van der Waals surface area contributed by atoms with E-state index in [1.54, 1.807) is 0 Å². The highest BCUT2D eigenvalue weighted by Gasteiger charge is 2.02. The Labute approximate surface area is 175 Å². The lowest BCUT2D eigenvalue weighted by atomic mass is 9.99. The molecule has 0 unspecified atom stereocenters. The third-order valence-electron chi connectivity index (χ3n) is 4.67. The van der Waals surface area contributed by atoms with Gasteiger partial charge in [0.15, 0.2) is 0 Å². The minimum atomic E-state index is 0.925. The van der Waals surface area contributed by atoms with Crippen LogP contribution in [-0.2, 0) is 0 Å². The van der Waals surface area contributed by atoms with Crippen molar-refractivity contribution in [1.82, 2.24) is 0 Å². The fourth-order valence-electron chi connectivity index (χ4n) is 2.96. The van der Waals surface area contributed by atoms with E-state index in [9.17, 15) is 0 Å². The molecular formula is C29H26. The van der Waals surface area contributed by atoms with Crippen molar-refractivity contribution in [2.75, 3.05) is 0 Å². The van der Waals surface area contributed by atoms with Crippen molar-refractivity contribution in [2.24, 2.45) is 0 Å². The van der Waals surface area contributed by atoms with Gasteiger partial charge in [0.2, 0.25) is 0 Å². The zero-order valence-electron chi connectivity index (χ0n) is 17.6. The molecule has 0 N–H and O–H groups in total. The molecule has 0 aliphatic heterocycles. The first-order valence-corrected chi connectivity index (χ1v) is 10.0. The second-order valence-corrected chi connectivity index (χ2v) is 7.36. The van der Waals surface area contributed by atoms with Gasteiger partial charge in [0.25, 0.3) is 0 Å². The van der Waals surface area contributed by atoms with Crippen molar-refractivity contribution in [3.63, 3.8) is 0 Å². The van der Waals surface area contributed by atoms with Crippen LogP contribution in [0.3, 0.4) is 0 Å². The Balaban J connectivity index is 2.01. The first-order chi connectivity index (χ1) is 14.1. The molecule has 0 aliphatic carbocycles. The Bertz CT molecular complexity index is 1190. The summed E-state index contributed by atoms with van der Waals surface area (Å²) in [4.78, 5) is 0. The summed E-state index contributed by atoms with van der Waals surface area (Å²) in [6.45, 7) is 8.42. The van der Waals surface area contributed by atoms with Crippen molar-refractivity contribution in [2.45, 2.75) is 34.1 Å². The second-order valence-electron chi connectivity index (χ2n) is 7.36. The number of benzene rings is 3. The molecule has 3 aromatic carbocycles. The van der Waals surface area contributed by atoms with Crippen LogP contribution in [0.2, 0.25) is 0 Å². The molecule has 0 radical (unpaired) electrons. The summed E-state index contributed by atoms with van der Waals surface area (Å²) in [5, 5.41) is 2.29. The van der Waals surface area contributed by atoms with E-state index in [2.05, 4.69) is 124 Å². The van der Waals surface area contributed by atoms with Gasteiger partial charge < -0.3 is 0 Å². The summed E-state index contributed by atoms with van der Waals surface area (Å²) >= 11 is 0. The van der Waals surface area contributed by atoms with Crippen LogP contribution in [0, 0.1) is 30.6 Å². The van der Waals surface area contributed by atoms with Gasteiger partial charge in [-0.1, -0.05) is 90.3 Å². The smallest absolute Gasteiger partial charge is 0.0328 e. The predicted molar refractivity (Wildman–Crippen MR) is 126 cm³/mol. The Kier molecular flexibility index (Phi) is 6.73. The average Bonchev–Trinajstić information content (AvgIpc) is 2.74. The lowest BCUT2D eigenvalue weighted by molar-refractivity contribution is 1.16. The van der Waals surface area contributed by atoms with Crippen LogP contribution in [0.25, 0.3) is 10.8 Å². The minimum absolute atomic E-state index is 0.925. The van der Waals surface area contributed by atoms with Crippen LogP contribution in [0.1, 0.15) is 49.4 Å². The summed E-state index contributed by atoms with van der Waals surface area (Å²) in [5.74, 6) is 13.3. The molecule has 0 amide bonds. The molecule has 0 saturated carbocycles. The maximum atomic E-state index is 3.37. The number of fused-ring (bicyclic) bond motifs is 1. The quantitative estimate of drug-likeness (QED) is 0.328. The van der Waals surface area contributed by atoms with Crippen LogP contribution >= 0.6 is 0 Å². The summed E-state index contributed by atoms with van der Waals surface area (Å²) in [7, 11) is 0. The van der Waals surface area contributed by atoms with Crippen molar-refractivity contribution >= 4 is 10.8 Å². The lowest BCUT2D eigenvalue weighted by Gasteiger charge is -2.04. The van der Waals surface area contributed by atoms with Gasteiger partial charge in [0.1, 0.15) is 0 Å². The number of hydrogen-bond donors (Lipinski definition) is 0. The highest BCUT2D eigenvalue weighted by Crippen LogP contribution is 2.22. The Morgan fingerprint density at radius 3 is 1.97 bits per heavy atom. The summed E-state index contributed by atoms with van der Waals surface area (Å²) < 4.78 is 0. The van der Waals surface area contributed by atoms with E-state index < -0.39 is 0 Å². The maximum Gasteiger partial charge on any atom is 0.0328 e. The standard InChI is InChI=1S/C29H26/c1-5-24(13-10-22(2)3)16-18-26-20-21-27(29-9-7-6-8-28(26)29)19-17-25-14-11-23(4)12-15-25/h6-15,20-21H,5H2,1-4H3. The normalized spacial score (nSPS) is 10.6. The number of hydrogen-bond acceptors (Lipinski definition) is 0. The van der Waals surface area contributed by atoms with Crippen LogP contribution in [0.5, 0.6) is 0 Å². The molecular weight excluding hydrogens is 348 g/mol. The molecule has 0 aliphatic rings. The van der Waals surface area contributed by atoms with E-state index in [1.165, 1.54) is 11.1 Å². The van der Waals surface area contributed by atoms with Crippen LogP contribution in [-0.4, -0.2) is 0 Å². The van der Waals surface area contributed by atoms with Gasteiger partial charge in [-0.2, -0.15) is 0 Å². The molecule has 0 atom stereocenters. The number of rotatable bonds is 2.